The highest BCUT2D eigenvalue weighted by Crippen LogP contribution is 2.10. The highest BCUT2D eigenvalue weighted by molar-refractivity contribution is 7.80. The molecular formula is C21H32N4O6S. The lowest BCUT2D eigenvalue weighted by atomic mass is 9.96. The van der Waals surface area contributed by atoms with Gasteiger partial charge in [0.2, 0.25) is 17.7 Å². The van der Waals surface area contributed by atoms with E-state index in [-0.39, 0.29) is 18.1 Å². The van der Waals surface area contributed by atoms with Crippen molar-refractivity contribution >= 4 is 36.3 Å². The van der Waals surface area contributed by atoms with Crippen molar-refractivity contribution in [3.05, 3.63) is 35.9 Å². The van der Waals surface area contributed by atoms with Crippen LogP contribution in [0.3, 0.4) is 0 Å². The summed E-state index contributed by atoms with van der Waals surface area (Å²) < 4.78 is 0. The van der Waals surface area contributed by atoms with Gasteiger partial charge in [-0.2, -0.15) is 12.6 Å². The van der Waals surface area contributed by atoms with E-state index in [1.807, 2.05) is 6.92 Å². The van der Waals surface area contributed by atoms with E-state index in [1.54, 1.807) is 37.3 Å². The van der Waals surface area contributed by atoms with Crippen LogP contribution in [-0.4, -0.2) is 70.4 Å². The average Bonchev–Trinajstić information content (AvgIpc) is 2.79. The Morgan fingerprint density at radius 3 is 2.09 bits per heavy atom. The van der Waals surface area contributed by atoms with E-state index in [0.717, 1.165) is 5.56 Å². The molecule has 11 heteroatoms. The summed E-state index contributed by atoms with van der Waals surface area (Å²) in [6.45, 7) is 2.82. The molecule has 1 aromatic rings. The molecule has 32 heavy (non-hydrogen) atoms. The van der Waals surface area contributed by atoms with Gasteiger partial charge in [0.15, 0.2) is 0 Å². The molecule has 178 valence electrons. The number of rotatable bonds is 13. The molecule has 3 amide bonds. The lowest BCUT2D eigenvalue weighted by molar-refractivity contribution is -0.143. The number of hydrogen-bond acceptors (Lipinski definition) is 7. The summed E-state index contributed by atoms with van der Waals surface area (Å²) in [6.07, 6.45) is 0.642. The van der Waals surface area contributed by atoms with Crippen molar-refractivity contribution < 1.29 is 29.4 Å². The minimum atomic E-state index is -1.52. The van der Waals surface area contributed by atoms with Gasteiger partial charge in [-0.15, -0.1) is 0 Å². The normalized spacial score (nSPS) is 15.5. The molecule has 0 aliphatic carbocycles. The van der Waals surface area contributed by atoms with Crippen LogP contribution in [0.4, 0.5) is 0 Å². The van der Waals surface area contributed by atoms with Gasteiger partial charge in [-0.25, -0.2) is 4.79 Å². The zero-order valence-electron chi connectivity index (χ0n) is 18.2. The fourth-order valence-corrected chi connectivity index (χ4v) is 2.99. The van der Waals surface area contributed by atoms with Crippen molar-refractivity contribution in [2.45, 2.75) is 50.9 Å². The van der Waals surface area contributed by atoms with Crippen molar-refractivity contribution in [2.24, 2.45) is 11.7 Å². The van der Waals surface area contributed by atoms with Crippen LogP contribution in [0, 0.1) is 5.92 Å². The Hall–Kier alpha value is -2.63. The predicted molar refractivity (Wildman–Crippen MR) is 122 cm³/mol. The zero-order chi connectivity index (χ0) is 24.3. The number of nitrogens with one attached hydrogen (secondary N) is 3. The second-order valence-electron chi connectivity index (χ2n) is 7.49. The van der Waals surface area contributed by atoms with Gasteiger partial charge < -0.3 is 31.9 Å². The summed E-state index contributed by atoms with van der Waals surface area (Å²) in [4.78, 5) is 49.3. The van der Waals surface area contributed by atoms with E-state index in [9.17, 15) is 24.3 Å². The Balaban J connectivity index is 3.10. The van der Waals surface area contributed by atoms with Crippen LogP contribution < -0.4 is 21.7 Å². The van der Waals surface area contributed by atoms with E-state index in [2.05, 4.69) is 28.6 Å². The number of hydrogen-bond donors (Lipinski definition) is 7. The van der Waals surface area contributed by atoms with E-state index in [1.165, 1.54) is 0 Å². The number of aliphatic hydroxyl groups excluding tert-OH is 1. The molecule has 0 saturated heterocycles. The number of nitrogens with two attached hydrogens (primary N) is 1. The number of aliphatic carboxylic acids is 1. The average molecular weight is 469 g/mol. The fraction of sp³-hybridized carbons (Fsp3) is 0.524. The molecule has 1 rings (SSSR count). The number of amides is 3. The Morgan fingerprint density at radius 1 is 1.00 bits per heavy atom. The van der Waals surface area contributed by atoms with Crippen LogP contribution >= 0.6 is 12.6 Å². The Morgan fingerprint density at radius 2 is 1.59 bits per heavy atom. The minimum Gasteiger partial charge on any atom is -0.480 e. The Bertz CT molecular complexity index is 779. The molecule has 5 atom stereocenters. The molecule has 0 saturated carbocycles. The maximum absolute atomic E-state index is 13.1. The quantitative estimate of drug-likeness (QED) is 0.183. The van der Waals surface area contributed by atoms with Gasteiger partial charge in [0, 0.05) is 12.2 Å². The van der Waals surface area contributed by atoms with Crippen LogP contribution in [0.15, 0.2) is 30.3 Å². The highest BCUT2D eigenvalue weighted by atomic mass is 32.1. The molecule has 0 fully saturated rings. The first-order chi connectivity index (χ1) is 15.1. The summed E-state index contributed by atoms with van der Waals surface area (Å²) in [5.74, 6) is -3.50. The molecule has 5 unspecified atom stereocenters. The largest absolute Gasteiger partial charge is 0.480 e. The van der Waals surface area contributed by atoms with Crippen molar-refractivity contribution in [3.8, 4) is 0 Å². The van der Waals surface area contributed by atoms with Crippen LogP contribution in [0.5, 0.6) is 0 Å². The highest BCUT2D eigenvalue weighted by Gasteiger charge is 2.32. The van der Waals surface area contributed by atoms with Gasteiger partial charge >= 0.3 is 5.97 Å². The summed E-state index contributed by atoms with van der Waals surface area (Å²) in [5.41, 5.74) is 6.42. The molecule has 0 aromatic heterocycles. The molecule has 0 radical (unpaired) electrons. The van der Waals surface area contributed by atoms with Crippen molar-refractivity contribution in [2.75, 3.05) is 12.4 Å². The smallest absolute Gasteiger partial charge is 0.328 e. The van der Waals surface area contributed by atoms with Crippen LogP contribution in [0.25, 0.3) is 0 Å². The van der Waals surface area contributed by atoms with Gasteiger partial charge in [-0.3, -0.25) is 14.4 Å². The van der Waals surface area contributed by atoms with Gasteiger partial charge in [0.25, 0.3) is 0 Å². The number of thiol groups is 1. The zero-order valence-corrected chi connectivity index (χ0v) is 19.0. The lowest BCUT2D eigenvalue weighted by Gasteiger charge is -2.27. The van der Waals surface area contributed by atoms with Crippen molar-refractivity contribution in [3.63, 3.8) is 0 Å². The number of carboxylic acids is 1. The molecule has 0 heterocycles. The molecule has 10 nitrogen and oxygen atoms in total. The summed E-state index contributed by atoms with van der Waals surface area (Å²) >= 11 is 3.99. The summed E-state index contributed by atoms with van der Waals surface area (Å²) in [7, 11) is 0. The number of benzene rings is 1. The lowest BCUT2D eigenvalue weighted by Crippen LogP contribution is -2.59. The Labute approximate surface area is 192 Å². The maximum Gasteiger partial charge on any atom is 0.328 e. The third kappa shape index (κ3) is 8.48. The molecular weight excluding hydrogens is 436 g/mol. The predicted octanol–water partition coefficient (Wildman–Crippen LogP) is -0.936. The van der Waals surface area contributed by atoms with Crippen LogP contribution in [-0.2, 0) is 25.6 Å². The second-order valence-corrected chi connectivity index (χ2v) is 7.86. The topological polar surface area (TPSA) is 171 Å². The molecule has 0 aliphatic heterocycles. The van der Waals surface area contributed by atoms with Gasteiger partial charge in [-0.05, 0) is 11.5 Å². The second kappa shape index (κ2) is 13.7. The van der Waals surface area contributed by atoms with Crippen LogP contribution in [0.1, 0.15) is 25.8 Å². The minimum absolute atomic E-state index is 0.0769. The molecule has 0 aliphatic rings. The number of carboxylic acid groups (broad SMARTS) is 1. The number of carbonyl (C=O) groups excluding carboxylic acids is 3. The van der Waals surface area contributed by atoms with Gasteiger partial charge in [0.05, 0.1) is 12.6 Å². The molecule has 0 bridgehead atoms. The van der Waals surface area contributed by atoms with E-state index >= 15 is 0 Å². The maximum atomic E-state index is 13.1. The standard InChI is InChI=1S/C21H32N4O6S/c1-3-12(2)17(25-18(27)14(22)11-32)20(29)23-15(9-13-7-5-4-6-8-13)19(28)24-16(10-26)21(30)31/h4-8,12,14-17,26,32H,3,9-11,22H2,1-2H3,(H,23,29)(H,24,28)(H,25,27)(H,30,31). The first-order valence-corrected chi connectivity index (χ1v) is 10.9. The van der Waals surface area contributed by atoms with E-state index in [0.29, 0.717) is 6.42 Å². The monoisotopic (exact) mass is 468 g/mol. The third-order valence-corrected chi connectivity index (χ3v) is 5.43. The van der Waals surface area contributed by atoms with Crippen molar-refractivity contribution in [1.29, 1.82) is 0 Å². The summed E-state index contributed by atoms with van der Waals surface area (Å²) in [6, 6.07) is 4.32. The molecule has 0 spiro atoms. The first kappa shape index (κ1) is 27.4. The van der Waals surface area contributed by atoms with E-state index in [4.69, 9.17) is 10.8 Å². The first-order valence-electron chi connectivity index (χ1n) is 10.3. The molecule has 7 N–H and O–H groups in total. The summed E-state index contributed by atoms with van der Waals surface area (Å²) in [5, 5.41) is 25.8. The molecule has 1 aromatic carbocycles. The van der Waals surface area contributed by atoms with Gasteiger partial charge in [-0.1, -0.05) is 50.6 Å². The SMILES string of the molecule is CCC(C)C(NC(=O)C(N)CS)C(=O)NC(Cc1ccccc1)C(=O)NC(CO)C(=O)O. The third-order valence-electron chi connectivity index (χ3n) is 5.04. The van der Waals surface area contributed by atoms with Gasteiger partial charge in [0.1, 0.15) is 18.1 Å². The van der Waals surface area contributed by atoms with E-state index < -0.39 is 54.5 Å². The Kier molecular flexibility index (Phi) is 11.7. The van der Waals surface area contributed by atoms with Crippen molar-refractivity contribution in [1.82, 2.24) is 16.0 Å². The fourth-order valence-electron chi connectivity index (χ4n) is 2.82. The number of aliphatic hydroxyl groups is 1. The van der Waals surface area contributed by atoms with Crippen LogP contribution in [0.2, 0.25) is 0 Å². The number of carbonyl (C=O) groups is 4.